The number of nitrogens with zero attached hydrogens (tertiary/aromatic N) is 2. The Bertz CT molecular complexity index is 1250. The van der Waals surface area contributed by atoms with Gasteiger partial charge in [0.25, 0.3) is 0 Å². The molecule has 6 nitrogen and oxygen atoms in total. The van der Waals surface area contributed by atoms with Gasteiger partial charge in [-0.25, -0.2) is 8.42 Å². The molecule has 0 spiro atoms. The van der Waals surface area contributed by atoms with E-state index in [1.807, 2.05) is 55.5 Å². The van der Waals surface area contributed by atoms with Crippen molar-refractivity contribution in [3.63, 3.8) is 0 Å². The van der Waals surface area contributed by atoms with Gasteiger partial charge in [-0.1, -0.05) is 46.3 Å². The van der Waals surface area contributed by atoms with Crippen molar-refractivity contribution in [1.82, 2.24) is 4.31 Å². The largest absolute Gasteiger partial charge is 0.497 e. The standard InChI is InChI=1S/C25H25BrN2O4S/c1-18-14-20-15-21(26)8-13-24(20)28(18)25(29)17-27(16-19-6-4-3-5-7-19)33(30,31)23-11-9-22(32-2)10-12-23/h3-13,15,18H,14,16-17H2,1-2H3. The minimum absolute atomic E-state index is 0.0518. The van der Waals surface area contributed by atoms with Crippen LogP contribution in [0.5, 0.6) is 5.75 Å². The molecule has 33 heavy (non-hydrogen) atoms. The summed E-state index contributed by atoms with van der Waals surface area (Å²) in [5, 5.41) is 0. The minimum atomic E-state index is -3.93. The first-order valence-corrected chi connectivity index (χ1v) is 12.8. The Balaban J connectivity index is 1.66. The fraction of sp³-hybridized carbons (Fsp3) is 0.240. The number of fused-ring (bicyclic) bond motifs is 1. The minimum Gasteiger partial charge on any atom is -0.497 e. The maximum atomic E-state index is 13.6. The first-order valence-electron chi connectivity index (χ1n) is 10.6. The number of carbonyl (C=O) groups is 1. The Hall–Kier alpha value is -2.68. The third-order valence-electron chi connectivity index (χ3n) is 5.74. The Kier molecular flexibility index (Phi) is 6.88. The van der Waals surface area contributed by atoms with E-state index in [1.165, 1.54) is 23.5 Å². The van der Waals surface area contributed by atoms with Gasteiger partial charge in [0.2, 0.25) is 15.9 Å². The van der Waals surface area contributed by atoms with Crippen LogP contribution in [0.3, 0.4) is 0 Å². The molecule has 0 radical (unpaired) electrons. The van der Waals surface area contributed by atoms with Crippen molar-refractivity contribution in [3.05, 3.63) is 88.4 Å². The van der Waals surface area contributed by atoms with Crippen LogP contribution in [0.15, 0.2) is 82.2 Å². The Morgan fingerprint density at radius 3 is 2.45 bits per heavy atom. The molecule has 3 aromatic carbocycles. The molecular formula is C25H25BrN2O4S. The van der Waals surface area contributed by atoms with E-state index >= 15 is 0 Å². The van der Waals surface area contributed by atoms with Crippen molar-refractivity contribution in [1.29, 1.82) is 0 Å². The van der Waals surface area contributed by atoms with Crippen molar-refractivity contribution >= 4 is 37.5 Å². The van der Waals surface area contributed by atoms with E-state index in [2.05, 4.69) is 15.9 Å². The van der Waals surface area contributed by atoms with Crippen LogP contribution in [-0.4, -0.2) is 38.3 Å². The molecule has 0 bridgehead atoms. The smallest absolute Gasteiger partial charge is 0.243 e. The molecule has 1 aliphatic rings. The van der Waals surface area contributed by atoms with Crippen LogP contribution in [0.25, 0.3) is 0 Å². The molecule has 0 aliphatic carbocycles. The van der Waals surface area contributed by atoms with Crippen LogP contribution in [0.2, 0.25) is 0 Å². The van der Waals surface area contributed by atoms with E-state index in [0.29, 0.717) is 5.75 Å². The molecule has 1 heterocycles. The summed E-state index contributed by atoms with van der Waals surface area (Å²) in [6.45, 7) is 1.81. The molecule has 1 aliphatic heterocycles. The lowest BCUT2D eigenvalue weighted by atomic mass is 10.1. The number of ether oxygens (including phenoxy) is 1. The van der Waals surface area contributed by atoms with Gasteiger partial charge in [-0.2, -0.15) is 4.31 Å². The van der Waals surface area contributed by atoms with Crippen LogP contribution in [0.1, 0.15) is 18.1 Å². The monoisotopic (exact) mass is 528 g/mol. The van der Waals surface area contributed by atoms with E-state index in [-0.39, 0.29) is 29.9 Å². The van der Waals surface area contributed by atoms with Gasteiger partial charge < -0.3 is 9.64 Å². The van der Waals surface area contributed by atoms with Gasteiger partial charge in [0.15, 0.2) is 0 Å². The number of anilines is 1. The van der Waals surface area contributed by atoms with Crippen LogP contribution in [-0.2, 0) is 27.8 Å². The lowest BCUT2D eigenvalue weighted by Gasteiger charge is -2.27. The fourth-order valence-corrected chi connectivity index (χ4v) is 5.90. The fourth-order valence-electron chi connectivity index (χ4n) is 4.12. The Labute approximate surface area is 203 Å². The van der Waals surface area contributed by atoms with Gasteiger partial charge in [-0.3, -0.25) is 4.79 Å². The summed E-state index contributed by atoms with van der Waals surface area (Å²) in [7, 11) is -2.40. The number of carbonyl (C=O) groups excluding carboxylic acids is 1. The molecule has 0 saturated carbocycles. The van der Waals surface area contributed by atoms with Crippen molar-refractivity contribution < 1.29 is 17.9 Å². The van der Waals surface area contributed by atoms with Crippen molar-refractivity contribution in [2.45, 2.75) is 30.8 Å². The molecule has 1 atom stereocenters. The highest BCUT2D eigenvalue weighted by atomic mass is 79.9. The molecule has 0 fully saturated rings. The van der Waals surface area contributed by atoms with Gasteiger partial charge in [0, 0.05) is 22.7 Å². The Morgan fingerprint density at radius 1 is 1.09 bits per heavy atom. The van der Waals surface area contributed by atoms with Gasteiger partial charge in [0.05, 0.1) is 18.6 Å². The molecule has 3 aromatic rings. The maximum absolute atomic E-state index is 13.6. The molecule has 0 saturated heterocycles. The first kappa shape index (κ1) is 23.5. The number of sulfonamides is 1. The predicted octanol–water partition coefficient (Wildman–Crippen LogP) is 4.63. The van der Waals surface area contributed by atoms with E-state index < -0.39 is 10.0 Å². The lowest BCUT2D eigenvalue weighted by Crippen LogP contribution is -2.44. The second-order valence-corrected chi connectivity index (χ2v) is 10.9. The van der Waals surface area contributed by atoms with Gasteiger partial charge in [-0.15, -0.1) is 0 Å². The number of halogens is 1. The molecule has 4 rings (SSSR count). The average molecular weight is 529 g/mol. The van der Waals surface area contributed by atoms with Crippen LogP contribution in [0.4, 0.5) is 5.69 Å². The topological polar surface area (TPSA) is 66.9 Å². The number of amides is 1. The summed E-state index contributed by atoms with van der Waals surface area (Å²) in [6.07, 6.45) is 0.727. The predicted molar refractivity (Wildman–Crippen MR) is 132 cm³/mol. The third-order valence-corrected chi connectivity index (χ3v) is 8.04. The zero-order chi connectivity index (χ0) is 23.6. The average Bonchev–Trinajstić information content (AvgIpc) is 3.14. The number of benzene rings is 3. The summed E-state index contributed by atoms with van der Waals surface area (Å²) < 4.78 is 34.5. The van der Waals surface area contributed by atoms with Gasteiger partial charge >= 0.3 is 0 Å². The van der Waals surface area contributed by atoms with Crippen molar-refractivity contribution in [2.75, 3.05) is 18.6 Å². The third kappa shape index (κ3) is 4.98. The molecule has 1 amide bonds. The second kappa shape index (κ2) is 9.67. The maximum Gasteiger partial charge on any atom is 0.243 e. The SMILES string of the molecule is COc1ccc(S(=O)(=O)N(CC(=O)N2c3ccc(Br)cc3CC2C)Cc2ccccc2)cc1. The quantitative estimate of drug-likeness (QED) is 0.448. The zero-order valence-corrected chi connectivity index (χ0v) is 20.8. The van der Waals surface area contributed by atoms with Crippen molar-refractivity contribution in [3.8, 4) is 5.75 Å². The van der Waals surface area contributed by atoms with Crippen LogP contribution < -0.4 is 9.64 Å². The number of methoxy groups -OCH3 is 1. The zero-order valence-electron chi connectivity index (χ0n) is 18.4. The number of hydrogen-bond donors (Lipinski definition) is 0. The van der Waals surface area contributed by atoms with E-state index in [0.717, 1.165) is 27.7 Å². The van der Waals surface area contributed by atoms with E-state index in [4.69, 9.17) is 4.74 Å². The van der Waals surface area contributed by atoms with E-state index in [9.17, 15) is 13.2 Å². The molecular weight excluding hydrogens is 504 g/mol. The molecule has 0 aromatic heterocycles. The van der Waals surface area contributed by atoms with E-state index in [1.54, 1.807) is 17.0 Å². The highest BCUT2D eigenvalue weighted by Gasteiger charge is 2.34. The van der Waals surface area contributed by atoms with Crippen molar-refractivity contribution in [2.24, 2.45) is 0 Å². The van der Waals surface area contributed by atoms with Crippen LogP contribution >= 0.6 is 15.9 Å². The van der Waals surface area contributed by atoms with Crippen LogP contribution in [0, 0.1) is 0 Å². The summed E-state index contributed by atoms with van der Waals surface area (Å²) in [4.78, 5) is 15.3. The normalized spacial score (nSPS) is 15.5. The molecule has 8 heteroatoms. The number of hydrogen-bond acceptors (Lipinski definition) is 4. The lowest BCUT2D eigenvalue weighted by molar-refractivity contribution is -0.119. The molecule has 1 unspecified atom stereocenters. The number of rotatable bonds is 7. The first-order chi connectivity index (χ1) is 15.8. The molecule has 172 valence electrons. The Morgan fingerprint density at radius 2 is 1.79 bits per heavy atom. The highest BCUT2D eigenvalue weighted by Crippen LogP contribution is 2.34. The second-order valence-electron chi connectivity index (χ2n) is 8.02. The summed E-state index contributed by atoms with van der Waals surface area (Å²) in [5.41, 5.74) is 2.70. The highest BCUT2D eigenvalue weighted by molar-refractivity contribution is 9.10. The van der Waals surface area contributed by atoms with Gasteiger partial charge in [0.1, 0.15) is 5.75 Å². The van der Waals surface area contributed by atoms with Gasteiger partial charge in [-0.05, 0) is 66.9 Å². The molecule has 0 N–H and O–H groups in total. The summed E-state index contributed by atoms with van der Waals surface area (Å²) in [6, 6.07) is 21.3. The summed E-state index contributed by atoms with van der Waals surface area (Å²) >= 11 is 3.48. The summed E-state index contributed by atoms with van der Waals surface area (Å²) in [5.74, 6) is 0.310.